The first kappa shape index (κ1) is 13.9. The quantitative estimate of drug-likeness (QED) is 0.832. The lowest BCUT2D eigenvalue weighted by molar-refractivity contribution is 0.192. The number of benzene rings is 1. The van der Waals surface area contributed by atoms with Gasteiger partial charge >= 0.3 is 0 Å². The molecule has 2 rings (SSSR count). The molecule has 1 aromatic carbocycles. The van der Waals surface area contributed by atoms with Crippen LogP contribution in [0.2, 0.25) is 0 Å². The van der Waals surface area contributed by atoms with Crippen molar-refractivity contribution in [3.05, 3.63) is 24.0 Å². The van der Waals surface area contributed by atoms with E-state index >= 15 is 0 Å². The van der Waals surface area contributed by atoms with Crippen LogP contribution in [0.1, 0.15) is 45.5 Å². The van der Waals surface area contributed by atoms with Crippen LogP contribution in [-0.2, 0) is 0 Å². The lowest BCUT2D eigenvalue weighted by atomic mass is 10.0. The van der Waals surface area contributed by atoms with Crippen molar-refractivity contribution < 1.29 is 5.11 Å². The fourth-order valence-corrected chi connectivity index (χ4v) is 2.48. The van der Waals surface area contributed by atoms with Gasteiger partial charge in [-0.2, -0.15) is 0 Å². The number of rotatable bonds is 4. The first-order chi connectivity index (χ1) is 8.95. The minimum Gasteiger partial charge on any atom is -0.399 e. The summed E-state index contributed by atoms with van der Waals surface area (Å²) in [4.78, 5) is 4.70. The topological polar surface area (TPSA) is 64.1 Å². The Morgan fingerprint density at radius 1 is 1.26 bits per heavy atom. The van der Waals surface area contributed by atoms with Gasteiger partial charge in [-0.15, -0.1) is 0 Å². The van der Waals surface area contributed by atoms with Crippen LogP contribution >= 0.6 is 0 Å². The van der Waals surface area contributed by atoms with Gasteiger partial charge in [-0.3, -0.25) is 0 Å². The smallest absolute Gasteiger partial charge is 0.112 e. The average molecular weight is 261 g/mol. The van der Waals surface area contributed by atoms with E-state index in [4.69, 9.17) is 10.7 Å². The van der Waals surface area contributed by atoms with Crippen LogP contribution in [0.15, 0.2) is 18.2 Å². The molecule has 0 amide bonds. The highest BCUT2D eigenvalue weighted by molar-refractivity contribution is 5.80. The third-order valence-electron chi connectivity index (χ3n) is 3.55. The minimum atomic E-state index is 0.0472. The zero-order chi connectivity index (χ0) is 14.2. The predicted molar refractivity (Wildman–Crippen MR) is 79.2 cm³/mol. The maximum Gasteiger partial charge on any atom is 0.112 e. The molecule has 1 unspecified atom stereocenters. The van der Waals surface area contributed by atoms with E-state index in [1.54, 1.807) is 0 Å². The number of hydrogen-bond donors (Lipinski definition) is 2. The molecule has 4 nitrogen and oxygen atoms in total. The van der Waals surface area contributed by atoms with E-state index in [0.717, 1.165) is 22.5 Å². The van der Waals surface area contributed by atoms with Crippen LogP contribution in [0.4, 0.5) is 5.69 Å². The summed E-state index contributed by atoms with van der Waals surface area (Å²) < 4.78 is 2.17. The summed E-state index contributed by atoms with van der Waals surface area (Å²) in [7, 11) is 0. The number of nitrogens with zero attached hydrogens (tertiary/aromatic N) is 2. The molecule has 19 heavy (non-hydrogen) atoms. The fourth-order valence-electron chi connectivity index (χ4n) is 2.48. The molecule has 104 valence electrons. The number of anilines is 1. The Morgan fingerprint density at radius 3 is 2.47 bits per heavy atom. The highest BCUT2D eigenvalue weighted by Crippen LogP contribution is 2.30. The number of imidazole rings is 1. The SMILES string of the molecule is CC(C)c1nc2cc(N)ccc2n1C(CO)C(C)C. The maximum atomic E-state index is 9.72. The van der Waals surface area contributed by atoms with Gasteiger partial charge in [0.1, 0.15) is 5.82 Å². The van der Waals surface area contributed by atoms with Crippen molar-refractivity contribution in [3.63, 3.8) is 0 Å². The minimum absolute atomic E-state index is 0.0472. The fraction of sp³-hybridized carbons (Fsp3) is 0.533. The van der Waals surface area contributed by atoms with Gasteiger partial charge in [-0.1, -0.05) is 27.7 Å². The van der Waals surface area contributed by atoms with Crippen LogP contribution < -0.4 is 5.73 Å². The Hall–Kier alpha value is -1.55. The Kier molecular flexibility index (Phi) is 3.80. The molecule has 0 aliphatic rings. The van der Waals surface area contributed by atoms with E-state index in [9.17, 15) is 5.11 Å². The van der Waals surface area contributed by atoms with Crippen LogP contribution in [0.25, 0.3) is 11.0 Å². The van der Waals surface area contributed by atoms with Crippen molar-refractivity contribution in [2.75, 3.05) is 12.3 Å². The predicted octanol–water partition coefficient (Wildman–Crippen LogP) is 2.93. The monoisotopic (exact) mass is 261 g/mol. The number of fused-ring (bicyclic) bond motifs is 1. The van der Waals surface area contributed by atoms with E-state index in [2.05, 4.69) is 32.3 Å². The second-order valence-electron chi connectivity index (χ2n) is 5.74. The average Bonchev–Trinajstić information content (AvgIpc) is 2.68. The molecule has 0 fully saturated rings. The van der Waals surface area contributed by atoms with E-state index in [0.29, 0.717) is 11.8 Å². The zero-order valence-electron chi connectivity index (χ0n) is 12.1. The van der Waals surface area contributed by atoms with Crippen molar-refractivity contribution in [2.45, 2.75) is 39.7 Å². The number of aromatic nitrogens is 2. The van der Waals surface area contributed by atoms with Crippen molar-refractivity contribution in [1.82, 2.24) is 9.55 Å². The van der Waals surface area contributed by atoms with Gasteiger partial charge in [0.05, 0.1) is 23.7 Å². The second kappa shape index (κ2) is 5.21. The molecule has 0 aliphatic heterocycles. The molecule has 0 aliphatic carbocycles. The number of nitrogens with two attached hydrogens (primary N) is 1. The van der Waals surface area contributed by atoms with Gasteiger partial charge in [0, 0.05) is 11.6 Å². The molecule has 2 aromatic rings. The van der Waals surface area contributed by atoms with Gasteiger partial charge in [0.2, 0.25) is 0 Å². The van der Waals surface area contributed by atoms with E-state index in [-0.39, 0.29) is 12.6 Å². The van der Waals surface area contributed by atoms with Crippen molar-refractivity contribution in [1.29, 1.82) is 0 Å². The molecule has 4 heteroatoms. The van der Waals surface area contributed by atoms with Gasteiger partial charge < -0.3 is 15.4 Å². The molecule has 0 radical (unpaired) electrons. The first-order valence-corrected chi connectivity index (χ1v) is 6.84. The highest BCUT2D eigenvalue weighted by atomic mass is 16.3. The number of aliphatic hydroxyl groups excluding tert-OH is 1. The molecule has 3 N–H and O–H groups in total. The lowest BCUT2D eigenvalue weighted by Gasteiger charge is -2.24. The highest BCUT2D eigenvalue weighted by Gasteiger charge is 2.22. The Balaban J connectivity index is 2.71. The normalized spacial score (nSPS) is 13.6. The van der Waals surface area contributed by atoms with E-state index in [1.165, 1.54) is 0 Å². The molecule has 1 atom stereocenters. The number of nitrogen functional groups attached to an aromatic ring is 1. The molecule has 0 spiro atoms. The van der Waals surface area contributed by atoms with Gasteiger partial charge in [-0.05, 0) is 24.1 Å². The van der Waals surface area contributed by atoms with Gasteiger partial charge in [-0.25, -0.2) is 4.98 Å². The van der Waals surface area contributed by atoms with Crippen molar-refractivity contribution in [2.24, 2.45) is 5.92 Å². The third-order valence-corrected chi connectivity index (χ3v) is 3.55. The van der Waals surface area contributed by atoms with Crippen LogP contribution in [0, 0.1) is 5.92 Å². The summed E-state index contributed by atoms with van der Waals surface area (Å²) in [5.74, 6) is 1.66. The van der Waals surface area contributed by atoms with E-state index in [1.807, 2.05) is 18.2 Å². The third kappa shape index (κ3) is 2.45. The Labute approximate surface area is 114 Å². The molecule has 0 saturated heterocycles. The van der Waals surface area contributed by atoms with Crippen LogP contribution in [-0.4, -0.2) is 21.3 Å². The molecule has 0 saturated carbocycles. The summed E-state index contributed by atoms with van der Waals surface area (Å²) in [5, 5.41) is 9.72. The summed E-state index contributed by atoms with van der Waals surface area (Å²) in [6, 6.07) is 5.83. The molecular formula is C15H23N3O. The van der Waals surface area contributed by atoms with Gasteiger partial charge in [0.25, 0.3) is 0 Å². The molecule has 1 heterocycles. The van der Waals surface area contributed by atoms with Crippen molar-refractivity contribution >= 4 is 16.7 Å². The number of hydrogen-bond acceptors (Lipinski definition) is 3. The standard InChI is InChI=1S/C15H23N3O/c1-9(2)14(8-19)18-13-6-5-11(16)7-12(13)17-15(18)10(3)4/h5-7,9-10,14,19H,8,16H2,1-4H3. The summed E-state index contributed by atoms with van der Waals surface area (Å²) in [6.45, 7) is 8.60. The maximum absolute atomic E-state index is 9.72. The Bertz CT molecular complexity index is 572. The lowest BCUT2D eigenvalue weighted by Crippen LogP contribution is -2.21. The molecule has 1 aromatic heterocycles. The summed E-state index contributed by atoms with van der Waals surface area (Å²) >= 11 is 0. The Morgan fingerprint density at radius 2 is 1.95 bits per heavy atom. The summed E-state index contributed by atoms with van der Waals surface area (Å²) in [5.41, 5.74) is 8.50. The van der Waals surface area contributed by atoms with E-state index < -0.39 is 0 Å². The number of aliphatic hydroxyl groups is 1. The van der Waals surface area contributed by atoms with Crippen molar-refractivity contribution in [3.8, 4) is 0 Å². The first-order valence-electron chi connectivity index (χ1n) is 6.84. The van der Waals surface area contributed by atoms with Gasteiger partial charge in [0.15, 0.2) is 0 Å². The summed E-state index contributed by atoms with van der Waals surface area (Å²) in [6.07, 6.45) is 0. The van der Waals surface area contributed by atoms with Crippen LogP contribution in [0.5, 0.6) is 0 Å². The second-order valence-corrected chi connectivity index (χ2v) is 5.74. The molecular weight excluding hydrogens is 238 g/mol. The van der Waals surface area contributed by atoms with Crippen LogP contribution in [0.3, 0.4) is 0 Å². The zero-order valence-corrected chi connectivity index (χ0v) is 12.1. The molecule has 0 bridgehead atoms. The largest absolute Gasteiger partial charge is 0.399 e.